The predicted octanol–water partition coefficient (Wildman–Crippen LogP) is 0.582. The Balaban J connectivity index is 2.89. The largest absolute Gasteiger partial charge is 0.350 e. The highest BCUT2D eigenvalue weighted by Crippen LogP contribution is 2.11. The summed E-state index contributed by atoms with van der Waals surface area (Å²) in [5.41, 5.74) is 14.2. The van der Waals surface area contributed by atoms with E-state index in [0.29, 0.717) is 19.1 Å². The molecule has 7 nitrogen and oxygen atoms in total. The normalized spacial score (nSPS) is 13.2. The van der Waals surface area contributed by atoms with Crippen molar-refractivity contribution in [1.29, 1.82) is 0 Å². The van der Waals surface area contributed by atoms with E-state index in [9.17, 15) is 14.4 Å². The van der Waals surface area contributed by atoms with Gasteiger partial charge in [0.05, 0.1) is 6.04 Å². The van der Waals surface area contributed by atoms with E-state index in [1.807, 2.05) is 44.2 Å². The molecule has 23 heavy (non-hydrogen) atoms. The number of hydrazine groups is 1. The highest BCUT2D eigenvalue weighted by atomic mass is 16.2. The van der Waals surface area contributed by atoms with Crippen molar-refractivity contribution in [2.75, 3.05) is 0 Å². The Labute approximate surface area is 136 Å². The molecule has 0 fully saturated rings. The van der Waals surface area contributed by atoms with Crippen molar-refractivity contribution in [3.63, 3.8) is 0 Å². The van der Waals surface area contributed by atoms with Crippen LogP contribution in [0.25, 0.3) is 0 Å². The number of carbonyl (C=O) groups excluding carboxylic acids is 3. The molecular weight excluding hydrogens is 296 g/mol. The van der Waals surface area contributed by atoms with Crippen molar-refractivity contribution < 1.29 is 14.4 Å². The van der Waals surface area contributed by atoms with Gasteiger partial charge in [-0.25, -0.2) is 15.2 Å². The Hall–Kier alpha value is -2.41. The third-order valence-electron chi connectivity index (χ3n) is 3.29. The Bertz CT molecular complexity index is 533. The van der Waals surface area contributed by atoms with Gasteiger partial charge in [0.1, 0.15) is 12.3 Å². The lowest BCUT2D eigenvalue weighted by atomic mass is 10.0. The number of nitrogens with zero attached hydrogens (tertiary/aromatic N) is 1. The fourth-order valence-electron chi connectivity index (χ4n) is 2.26. The molecule has 0 bridgehead atoms. The van der Waals surface area contributed by atoms with Crippen LogP contribution < -0.4 is 16.9 Å². The van der Waals surface area contributed by atoms with E-state index >= 15 is 0 Å². The molecule has 126 valence electrons. The van der Waals surface area contributed by atoms with E-state index in [4.69, 9.17) is 11.5 Å². The first-order valence-corrected chi connectivity index (χ1v) is 7.49. The first-order valence-electron chi connectivity index (χ1n) is 7.49. The Morgan fingerprint density at radius 1 is 1.26 bits per heavy atom. The van der Waals surface area contributed by atoms with Crippen LogP contribution in [0.1, 0.15) is 25.8 Å². The third kappa shape index (κ3) is 6.07. The van der Waals surface area contributed by atoms with Crippen molar-refractivity contribution in [2.45, 2.75) is 38.8 Å². The topological polar surface area (TPSA) is 119 Å². The van der Waals surface area contributed by atoms with Crippen LogP contribution in [-0.4, -0.2) is 35.3 Å². The highest BCUT2D eigenvalue weighted by Gasteiger charge is 2.29. The van der Waals surface area contributed by atoms with Gasteiger partial charge in [0, 0.05) is 0 Å². The zero-order valence-electron chi connectivity index (χ0n) is 13.4. The van der Waals surface area contributed by atoms with E-state index in [0.717, 1.165) is 10.6 Å². The summed E-state index contributed by atoms with van der Waals surface area (Å²) >= 11 is 0. The zero-order valence-corrected chi connectivity index (χ0v) is 13.4. The van der Waals surface area contributed by atoms with Gasteiger partial charge in [0.25, 0.3) is 5.91 Å². The van der Waals surface area contributed by atoms with Gasteiger partial charge < -0.3 is 16.3 Å². The van der Waals surface area contributed by atoms with Crippen LogP contribution in [0.3, 0.4) is 0 Å². The third-order valence-corrected chi connectivity index (χ3v) is 3.29. The van der Waals surface area contributed by atoms with E-state index < -0.39 is 24.0 Å². The van der Waals surface area contributed by atoms with Crippen LogP contribution >= 0.6 is 0 Å². The molecule has 0 saturated heterocycles. The standard InChI is InChI=1S/C16H24N4O3/c1-11(2)8-13(10-21)20(19-16(18)23)15(22)14(17)9-12-6-4-3-5-7-12/h3-7,10-11,13-14H,8-9,17H2,1-2H3,(H3,18,19,23)/t13-,14+/m0/s1. The average molecular weight is 320 g/mol. The summed E-state index contributed by atoms with van der Waals surface area (Å²) in [6, 6.07) is 6.64. The molecule has 1 aromatic carbocycles. The Kier molecular flexibility index (Phi) is 7.21. The van der Waals surface area contributed by atoms with Gasteiger partial charge >= 0.3 is 6.03 Å². The number of primary amides is 1. The van der Waals surface area contributed by atoms with Crippen LogP contribution in [0, 0.1) is 5.92 Å². The van der Waals surface area contributed by atoms with Crippen LogP contribution in [0.5, 0.6) is 0 Å². The second-order valence-corrected chi connectivity index (χ2v) is 5.81. The molecule has 0 aliphatic carbocycles. The van der Waals surface area contributed by atoms with Gasteiger partial charge in [-0.05, 0) is 24.3 Å². The molecule has 0 saturated carbocycles. The second kappa shape index (κ2) is 8.89. The number of urea groups is 1. The summed E-state index contributed by atoms with van der Waals surface area (Å²) in [4.78, 5) is 35.0. The summed E-state index contributed by atoms with van der Waals surface area (Å²) in [6.45, 7) is 3.82. The molecule has 0 spiro atoms. The molecule has 3 amide bonds. The summed E-state index contributed by atoms with van der Waals surface area (Å²) in [5, 5.41) is 0.947. The second-order valence-electron chi connectivity index (χ2n) is 5.81. The van der Waals surface area contributed by atoms with Crippen molar-refractivity contribution in [3.8, 4) is 0 Å². The lowest BCUT2D eigenvalue weighted by Crippen LogP contribution is -2.59. The summed E-state index contributed by atoms with van der Waals surface area (Å²) in [7, 11) is 0. The van der Waals surface area contributed by atoms with Crippen molar-refractivity contribution >= 4 is 18.2 Å². The molecule has 7 heteroatoms. The van der Waals surface area contributed by atoms with Gasteiger partial charge in [-0.3, -0.25) is 4.79 Å². The van der Waals surface area contributed by atoms with Crippen molar-refractivity contribution in [3.05, 3.63) is 35.9 Å². The van der Waals surface area contributed by atoms with Gasteiger partial charge in [0.2, 0.25) is 0 Å². The maximum absolute atomic E-state index is 12.5. The molecule has 5 N–H and O–H groups in total. The molecule has 0 heterocycles. The lowest BCUT2D eigenvalue weighted by molar-refractivity contribution is -0.140. The van der Waals surface area contributed by atoms with Crippen molar-refractivity contribution in [2.24, 2.45) is 17.4 Å². The van der Waals surface area contributed by atoms with Crippen LogP contribution in [0.2, 0.25) is 0 Å². The fourth-order valence-corrected chi connectivity index (χ4v) is 2.26. The van der Waals surface area contributed by atoms with Crippen molar-refractivity contribution in [1.82, 2.24) is 10.4 Å². The minimum Gasteiger partial charge on any atom is -0.350 e. The minimum absolute atomic E-state index is 0.153. The van der Waals surface area contributed by atoms with E-state index in [1.165, 1.54) is 0 Å². The smallest absolute Gasteiger partial charge is 0.331 e. The molecule has 1 rings (SSSR count). The number of benzene rings is 1. The molecule has 1 aromatic rings. The molecule has 0 unspecified atom stereocenters. The Morgan fingerprint density at radius 2 is 1.87 bits per heavy atom. The van der Waals surface area contributed by atoms with Crippen LogP contribution in [-0.2, 0) is 16.0 Å². The average Bonchev–Trinajstić information content (AvgIpc) is 2.50. The maximum atomic E-state index is 12.5. The summed E-state index contributed by atoms with van der Waals surface area (Å²) < 4.78 is 0. The first-order chi connectivity index (χ1) is 10.8. The van der Waals surface area contributed by atoms with E-state index in [-0.39, 0.29) is 5.92 Å². The number of aldehydes is 1. The van der Waals surface area contributed by atoms with Gasteiger partial charge in [0.15, 0.2) is 0 Å². The fraction of sp³-hybridized carbons (Fsp3) is 0.438. The van der Waals surface area contributed by atoms with Gasteiger partial charge in [-0.2, -0.15) is 0 Å². The number of amides is 3. The molecule has 0 aliphatic heterocycles. The quantitative estimate of drug-likeness (QED) is 0.503. The van der Waals surface area contributed by atoms with Crippen LogP contribution in [0.15, 0.2) is 30.3 Å². The monoisotopic (exact) mass is 320 g/mol. The zero-order chi connectivity index (χ0) is 17.4. The summed E-state index contributed by atoms with van der Waals surface area (Å²) in [6.07, 6.45) is 1.31. The summed E-state index contributed by atoms with van der Waals surface area (Å²) in [5.74, 6) is -0.397. The number of hydrogen-bond acceptors (Lipinski definition) is 4. The van der Waals surface area contributed by atoms with Gasteiger partial charge in [-0.15, -0.1) is 0 Å². The molecule has 0 radical (unpaired) electrons. The lowest BCUT2D eigenvalue weighted by Gasteiger charge is -2.30. The molecule has 2 atom stereocenters. The number of nitrogens with one attached hydrogen (secondary N) is 1. The SMILES string of the molecule is CC(C)C[C@@H](C=O)N(NC(N)=O)C(=O)[C@H](N)Cc1ccccc1. The van der Waals surface area contributed by atoms with Gasteiger partial charge in [-0.1, -0.05) is 44.2 Å². The van der Waals surface area contributed by atoms with E-state index in [1.54, 1.807) is 0 Å². The first kappa shape index (κ1) is 18.6. The Morgan fingerprint density at radius 3 is 2.35 bits per heavy atom. The predicted molar refractivity (Wildman–Crippen MR) is 87.0 cm³/mol. The maximum Gasteiger partial charge on any atom is 0.331 e. The molecule has 0 aromatic heterocycles. The highest BCUT2D eigenvalue weighted by molar-refractivity contribution is 5.87. The van der Waals surface area contributed by atoms with E-state index in [2.05, 4.69) is 5.43 Å². The van der Waals surface area contributed by atoms with Crippen LogP contribution in [0.4, 0.5) is 4.79 Å². The molecule has 0 aliphatic rings. The minimum atomic E-state index is -0.916. The number of rotatable bonds is 7. The number of carbonyl (C=O) groups is 3. The number of nitrogens with two attached hydrogens (primary N) is 2. The number of hydrogen-bond donors (Lipinski definition) is 3. The molecular formula is C16H24N4O3.